The molecule has 100 valence electrons. The third-order valence-electron chi connectivity index (χ3n) is 3.66. The second-order valence-corrected chi connectivity index (χ2v) is 5.20. The van der Waals surface area contributed by atoms with Crippen LogP contribution in [0.1, 0.15) is 46.0 Å². The predicted octanol–water partition coefficient (Wildman–Crippen LogP) is 1.04. The zero-order valence-electron chi connectivity index (χ0n) is 11.0. The van der Waals surface area contributed by atoms with Crippen LogP contribution in [-0.4, -0.2) is 36.2 Å². The van der Waals surface area contributed by atoms with Crippen molar-refractivity contribution in [3.63, 3.8) is 0 Å². The Morgan fingerprint density at radius 3 is 2.82 bits per heavy atom. The lowest BCUT2D eigenvalue weighted by molar-refractivity contribution is -0.122. The van der Waals surface area contributed by atoms with Crippen molar-refractivity contribution >= 4 is 5.91 Å². The topological polar surface area (TPSA) is 61.4 Å². The summed E-state index contributed by atoms with van der Waals surface area (Å²) in [7, 11) is 0. The molecule has 0 aliphatic carbocycles. The molecule has 3 unspecified atom stereocenters. The van der Waals surface area contributed by atoms with E-state index >= 15 is 0 Å². The van der Waals surface area contributed by atoms with Crippen molar-refractivity contribution in [3.8, 4) is 0 Å². The van der Waals surface area contributed by atoms with Gasteiger partial charge in [0.15, 0.2) is 0 Å². The van der Waals surface area contributed by atoms with Gasteiger partial charge in [-0.3, -0.25) is 4.79 Å². The fourth-order valence-corrected chi connectivity index (χ4v) is 2.10. The molecule has 3 atom stereocenters. The number of aliphatic hydroxyl groups excluding tert-OH is 1. The number of carbonyl (C=O) groups is 1. The highest BCUT2D eigenvalue weighted by molar-refractivity contribution is 5.76. The maximum Gasteiger partial charge on any atom is 0.220 e. The first-order valence-electron chi connectivity index (χ1n) is 6.77. The fraction of sp³-hybridized carbons (Fsp3) is 0.923. The summed E-state index contributed by atoms with van der Waals surface area (Å²) in [5.74, 6) is 0.219. The summed E-state index contributed by atoms with van der Waals surface area (Å²) in [5.41, 5.74) is 0. The highest BCUT2D eigenvalue weighted by Gasteiger charge is 2.16. The smallest absolute Gasteiger partial charge is 0.220 e. The maximum atomic E-state index is 11.7. The normalized spacial score (nSPS) is 24.1. The molecule has 17 heavy (non-hydrogen) atoms. The Hall–Kier alpha value is -0.610. The van der Waals surface area contributed by atoms with E-state index in [-0.39, 0.29) is 24.5 Å². The van der Waals surface area contributed by atoms with Crippen molar-refractivity contribution in [2.75, 3.05) is 13.2 Å². The summed E-state index contributed by atoms with van der Waals surface area (Å²) in [4.78, 5) is 11.7. The molecule has 4 heteroatoms. The van der Waals surface area contributed by atoms with Crippen molar-refractivity contribution < 1.29 is 9.90 Å². The first-order chi connectivity index (χ1) is 8.13. The van der Waals surface area contributed by atoms with E-state index in [1.165, 1.54) is 19.3 Å². The van der Waals surface area contributed by atoms with Crippen LogP contribution in [0.2, 0.25) is 0 Å². The van der Waals surface area contributed by atoms with Gasteiger partial charge in [-0.1, -0.05) is 13.3 Å². The third kappa shape index (κ3) is 5.50. The van der Waals surface area contributed by atoms with Gasteiger partial charge in [-0.2, -0.15) is 0 Å². The average Bonchev–Trinajstić information content (AvgIpc) is 2.36. The summed E-state index contributed by atoms with van der Waals surface area (Å²) in [6, 6.07) is 0.562. The van der Waals surface area contributed by atoms with Crippen LogP contribution in [0.15, 0.2) is 0 Å². The van der Waals surface area contributed by atoms with Crippen LogP contribution in [0, 0.1) is 5.92 Å². The van der Waals surface area contributed by atoms with Gasteiger partial charge in [-0.15, -0.1) is 0 Å². The molecule has 1 heterocycles. The Morgan fingerprint density at radius 1 is 1.47 bits per heavy atom. The number of nitrogens with one attached hydrogen (secondary N) is 2. The maximum absolute atomic E-state index is 11.7. The van der Waals surface area contributed by atoms with E-state index in [1.807, 2.05) is 13.8 Å². The summed E-state index contributed by atoms with van der Waals surface area (Å²) in [6.07, 6.45) is 5.23. The van der Waals surface area contributed by atoms with Crippen LogP contribution in [0.3, 0.4) is 0 Å². The Kier molecular flexibility index (Phi) is 6.52. The molecule has 0 spiro atoms. The average molecular weight is 242 g/mol. The molecule has 0 bridgehead atoms. The summed E-state index contributed by atoms with van der Waals surface area (Å²) >= 11 is 0. The van der Waals surface area contributed by atoms with Crippen LogP contribution in [0.25, 0.3) is 0 Å². The molecular formula is C13H26N2O2. The van der Waals surface area contributed by atoms with Crippen LogP contribution < -0.4 is 10.6 Å². The zero-order valence-corrected chi connectivity index (χ0v) is 11.0. The Morgan fingerprint density at radius 2 is 2.24 bits per heavy atom. The van der Waals surface area contributed by atoms with Gasteiger partial charge in [-0.25, -0.2) is 0 Å². The Balaban J connectivity index is 2.15. The van der Waals surface area contributed by atoms with Gasteiger partial charge in [0.2, 0.25) is 5.91 Å². The van der Waals surface area contributed by atoms with Gasteiger partial charge in [0.1, 0.15) is 0 Å². The van der Waals surface area contributed by atoms with Gasteiger partial charge in [0.25, 0.3) is 0 Å². The van der Waals surface area contributed by atoms with Gasteiger partial charge >= 0.3 is 0 Å². The molecule has 0 radical (unpaired) electrons. The monoisotopic (exact) mass is 242 g/mol. The number of hydrogen-bond acceptors (Lipinski definition) is 3. The van der Waals surface area contributed by atoms with E-state index < -0.39 is 0 Å². The van der Waals surface area contributed by atoms with Gasteiger partial charge in [0, 0.05) is 25.1 Å². The molecule has 1 aliphatic heterocycles. The van der Waals surface area contributed by atoms with Gasteiger partial charge in [0.05, 0.1) is 0 Å². The van der Waals surface area contributed by atoms with Gasteiger partial charge < -0.3 is 15.7 Å². The van der Waals surface area contributed by atoms with E-state index in [0.29, 0.717) is 12.5 Å². The summed E-state index contributed by atoms with van der Waals surface area (Å²) < 4.78 is 0. The van der Waals surface area contributed by atoms with E-state index in [2.05, 4.69) is 10.6 Å². The van der Waals surface area contributed by atoms with Gasteiger partial charge in [-0.05, 0) is 38.6 Å². The molecule has 0 aromatic carbocycles. The van der Waals surface area contributed by atoms with Crippen molar-refractivity contribution in [2.24, 2.45) is 5.92 Å². The van der Waals surface area contributed by atoms with Crippen molar-refractivity contribution in [1.29, 1.82) is 0 Å². The minimum Gasteiger partial charge on any atom is -0.396 e. The largest absolute Gasteiger partial charge is 0.396 e. The van der Waals surface area contributed by atoms with Crippen LogP contribution in [0.4, 0.5) is 0 Å². The third-order valence-corrected chi connectivity index (χ3v) is 3.66. The van der Waals surface area contributed by atoms with E-state index in [0.717, 1.165) is 13.0 Å². The molecule has 1 amide bonds. The van der Waals surface area contributed by atoms with Crippen molar-refractivity contribution in [1.82, 2.24) is 10.6 Å². The fourth-order valence-electron chi connectivity index (χ4n) is 2.10. The first-order valence-corrected chi connectivity index (χ1v) is 6.77. The number of amides is 1. The van der Waals surface area contributed by atoms with Crippen LogP contribution >= 0.6 is 0 Å². The number of piperidine rings is 1. The predicted molar refractivity (Wildman–Crippen MR) is 68.7 cm³/mol. The molecule has 1 aliphatic rings. The minimum absolute atomic E-state index is 0.0480. The lowest BCUT2D eigenvalue weighted by Crippen LogP contribution is -2.40. The number of rotatable bonds is 6. The van der Waals surface area contributed by atoms with E-state index in [9.17, 15) is 4.79 Å². The first kappa shape index (κ1) is 14.5. The Bertz CT molecular complexity index is 227. The highest BCUT2D eigenvalue weighted by Crippen LogP contribution is 2.11. The molecule has 1 fully saturated rings. The van der Waals surface area contributed by atoms with E-state index in [1.54, 1.807) is 0 Å². The van der Waals surface area contributed by atoms with E-state index in [4.69, 9.17) is 5.11 Å². The number of carbonyl (C=O) groups excluding carboxylic acids is 1. The van der Waals surface area contributed by atoms with Crippen LogP contribution in [-0.2, 0) is 4.79 Å². The van der Waals surface area contributed by atoms with Crippen molar-refractivity contribution in [3.05, 3.63) is 0 Å². The Labute approximate surface area is 104 Å². The highest BCUT2D eigenvalue weighted by atomic mass is 16.3. The van der Waals surface area contributed by atoms with Crippen LogP contribution in [0.5, 0.6) is 0 Å². The molecule has 4 nitrogen and oxygen atoms in total. The molecule has 1 rings (SSSR count). The quantitative estimate of drug-likeness (QED) is 0.652. The molecule has 1 saturated heterocycles. The molecule has 0 aromatic heterocycles. The van der Waals surface area contributed by atoms with Crippen molar-refractivity contribution in [2.45, 2.75) is 58.0 Å². The molecule has 0 saturated carbocycles. The second kappa shape index (κ2) is 7.67. The lowest BCUT2D eigenvalue weighted by Gasteiger charge is -2.24. The summed E-state index contributed by atoms with van der Waals surface area (Å²) in [6.45, 7) is 5.08. The number of hydrogen-bond donors (Lipinski definition) is 3. The molecule has 3 N–H and O–H groups in total. The molecular weight excluding hydrogens is 216 g/mol. The molecule has 0 aromatic rings. The SMILES string of the molecule is CC(CO)C(C)NC(=O)CCC1CCCCN1. The number of aliphatic hydroxyl groups is 1. The second-order valence-electron chi connectivity index (χ2n) is 5.20. The lowest BCUT2D eigenvalue weighted by atomic mass is 10.00. The standard InChI is InChI=1S/C13H26N2O2/c1-10(9-16)11(2)15-13(17)7-6-12-5-3-4-8-14-12/h10-12,14,16H,3-9H2,1-2H3,(H,15,17). The minimum atomic E-state index is 0.0480. The summed E-state index contributed by atoms with van der Waals surface area (Å²) in [5, 5.41) is 15.4. The zero-order chi connectivity index (χ0) is 12.7.